The second-order valence-electron chi connectivity index (χ2n) is 3.42. The van der Waals surface area contributed by atoms with Gasteiger partial charge in [-0.1, -0.05) is 6.92 Å². The largest absolute Gasteiger partial charge is 0.377 e. The van der Waals surface area contributed by atoms with Crippen molar-refractivity contribution in [3.63, 3.8) is 0 Å². The first-order valence-electron chi connectivity index (χ1n) is 5.11. The minimum absolute atomic E-state index is 0.0184. The highest BCUT2D eigenvalue weighted by Crippen LogP contribution is 2.23. The Labute approximate surface area is 90.1 Å². The Morgan fingerprint density at radius 1 is 1.50 bits per heavy atom. The molecule has 2 nitrogen and oxygen atoms in total. The Bertz CT molecular complexity index is 272. The molecule has 0 saturated carbocycles. The summed E-state index contributed by atoms with van der Waals surface area (Å²) < 4.78 is 5.60. The van der Waals surface area contributed by atoms with Crippen molar-refractivity contribution in [2.75, 3.05) is 6.61 Å². The third kappa shape index (κ3) is 2.80. The van der Waals surface area contributed by atoms with Gasteiger partial charge >= 0.3 is 0 Å². The summed E-state index contributed by atoms with van der Waals surface area (Å²) in [6, 6.07) is 2.17. The number of hydrogen-bond donors (Lipinski definition) is 1. The molecular weight excluding hydrogens is 194 g/mol. The quantitative estimate of drug-likeness (QED) is 0.816. The van der Waals surface area contributed by atoms with Gasteiger partial charge in [-0.05, 0) is 37.3 Å². The number of nitrogens with two attached hydrogens (primary N) is 1. The van der Waals surface area contributed by atoms with Gasteiger partial charge in [0.25, 0.3) is 0 Å². The van der Waals surface area contributed by atoms with Crippen molar-refractivity contribution in [2.24, 2.45) is 5.73 Å². The summed E-state index contributed by atoms with van der Waals surface area (Å²) in [6.45, 7) is 6.95. The molecule has 80 valence electrons. The average molecular weight is 213 g/mol. The maximum absolute atomic E-state index is 6.13. The molecule has 0 aromatic carbocycles. The fourth-order valence-electron chi connectivity index (χ4n) is 1.54. The summed E-state index contributed by atoms with van der Waals surface area (Å²) in [5.74, 6) is 0. The zero-order valence-electron chi connectivity index (χ0n) is 9.12. The van der Waals surface area contributed by atoms with Gasteiger partial charge in [0.05, 0.1) is 12.1 Å². The zero-order chi connectivity index (χ0) is 10.6. The highest BCUT2D eigenvalue weighted by Gasteiger charge is 2.18. The zero-order valence-corrected chi connectivity index (χ0v) is 9.93. The van der Waals surface area contributed by atoms with E-state index in [1.165, 1.54) is 10.4 Å². The SMILES string of the molecule is CCOC(CC)C(N)c1csc(C)c1. The molecule has 0 aliphatic heterocycles. The van der Waals surface area contributed by atoms with Crippen molar-refractivity contribution >= 4 is 11.3 Å². The van der Waals surface area contributed by atoms with Gasteiger partial charge in [-0.2, -0.15) is 0 Å². The maximum Gasteiger partial charge on any atom is 0.0765 e. The van der Waals surface area contributed by atoms with E-state index in [0.717, 1.165) is 13.0 Å². The van der Waals surface area contributed by atoms with Gasteiger partial charge in [-0.25, -0.2) is 0 Å². The number of hydrogen-bond acceptors (Lipinski definition) is 3. The molecule has 2 unspecified atom stereocenters. The van der Waals surface area contributed by atoms with Gasteiger partial charge in [0, 0.05) is 11.5 Å². The monoisotopic (exact) mass is 213 g/mol. The lowest BCUT2D eigenvalue weighted by molar-refractivity contribution is 0.0414. The smallest absolute Gasteiger partial charge is 0.0765 e. The molecule has 0 saturated heterocycles. The molecular formula is C11H19NOS. The molecule has 0 fully saturated rings. The molecule has 0 amide bonds. The van der Waals surface area contributed by atoms with Crippen LogP contribution in [0.2, 0.25) is 0 Å². The first-order chi connectivity index (χ1) is 6.69. The molecule has 0 radical (unpaired) electrons. The van der Waals surface area contributed by atoms with Crippen LogP contribution in [0.3, 0.4) is 0 Å². The van der Waals surface area contributed by atoms with E-state index in [0.29, 0.717) is 0 Å². The predicted octanol–water partition coefficient (Wildman–Crippen LogP) is 2.87. The lowest BCUT2D eigenvalue weighted by Gasteiger charge is -2.21. The van der Waals surface area contributed by atoms with E-state index >= 15 is 0 Å². The summed E-state index contributed by atoms with van der Waals surface area (Å²) in [6.07, 6.45) is 1.11. The fourth-order valence-corrected chi connectivity index (χ4v) is 2.29. The average Bonchev–Trinajstić information content (AvgIpc) is 2.60. The second-order valence-corrected chi connectivity index (χ2v) is 4.53. The van der Waals surface area contributed by atoms with Crippen molar-refractivity contribution in [3.8, 4) is 0 Å². The Hall–Kier alpha value is -0.380. The molecule has 0 aliphatic rings. The van der Waals surface area contributed by atoms with Gasteiger partial charge in [-0.15, -0.1) is 11.3 Å². The van der Waals surface area contributed by atoms with Crippen LogP contribution in [0, 0.1) is 6.92 Å². The van der Waals surface area contributed by atoms with E-state index < -0.39 is 0 Å². The van der Waals surface area contributed by atoms with Gasteiger partial charge in [-0.3, -0.25) is 0 Å². The second kappa shape index (κ2) is 5.49. The summed E-state index contributed by atoms with van der Waals surface area (Å²) in [5, 5.41) is 2.13. The third-order valence-corrected chi connectivity index (χ3v) is 3.20. The molecule has 1 rings (SSSR count). The molecule has 0 bridgehead atoms. The lowest BCUT2D eigenvalue weighted by atomic mass is 10.0. The summed E-state index contributed by atoms with van der Waals surface area (Å²) >= 11 is 1.74. The van der Waals surface area contributed by atoms with Crippen LogP contribution in [0.5, 0.6) is 0 Å². The van der Waals surface area contributed by atoms with E-state index in [9.17, 15) is 0 Å². The highest BCUT2D eigenvalue weighted by molar-refractivity contribution is 7.10. The Morgan fingerprint density at radius 3 is 2.64 bits per heavy atom. The minimum atomic E-state index is 0.0184. The molecule has 2 N–H and O–H groups in total. The van der Waals surface area contributed by atoms with Crippen LogP contribution in [-0.4, -0.2) is 12.7 Å². The lowest BCUT2D eigenvalue weighted by Crippen LogP contribution is -2.28. The Balaban J connectivity index is 2.66. The Kier molecular flexibility index (Phi) is 4.58. The first-order valence-corrected chi connectivity index (χ1v) is 5.99. The highest BCUT2D eigenvalue weighted by atomic mass is 32.1. The van der Waals surface area contributed by atoms with Crippen LogP contribution in [0.15, 0.2) is 11.4 Å². The number of thiophene rings is 1. The van der Waals surface area contributed by atoms with Crippen LogP contribution >= 0.6 is 11.3 Å². The fraction of sp³-hybridized carbons (Fsp3) is 0.636. The van der Waals surface area contributed by atoms with Crippen LogP contribution in [0.25, 0.3) is 0 Å². The predicted molar refractivity (Wildman–Crippen MR) is 61.7 cm³/mol. The standard InChI is InChI=1S/C11H19NOS/c1-4-10(13-5-2)11(12)9-6-8(3)14-7-9/h6-7,10-11H,4-5,12H2,1-3H3. The molecule has 0 spiro atoms. The molecule has 1 aromatic heterocycles. The van der Waals surface area contributed by atoms with E-state index in [1.54, 1.807) is 11.3 Å². The van der Waals surface area contributed by atoms with E-state index in [2.05, 4.69) is 25.3 Å². The van der Waals surface area contributed by atoms with E-state index in [-0.39, 0.29) is 12.1 Å². The van der Waals surface area contributed by atoms with Gasteiger partial charge in [0.1, 0.15) is 0 Å². The van der Waals surface area contributed by atoms with Gasteiger partial charge < -0.3 is 10.5 Å². The molecule has 3 heteroatoms. The minimum Gasteiger partial charge on any atom is -0.377 e. The molecule has 1 aromatic rings. The Morgan fingerprint density at radius 2 is 2.21 bits per heavy atom. The van der Waals surface area contributed by atoms with Crippen LogP contribution in [0.1, 0.15) is 36.8 Å². The number of rotatable bonds is 5. The van der Waals surface area contributed by atoms with Crippen LogP contribution in [-0.2, 0) is 4.74 Å². The van der Waals surface area contributed by atoms with Gasteiger partial charge in [0.2, 0.25) is 0 Å². The number of ether oxygens (including phenoxy) is 1. The van der Waals surface area contributed by atoms with Crippen molar-refractivity contribution in [1.29, 1.82) is 0 Å². The maximum atomic E-state index is 6.13. The van der Waals surface area contributed by atoms with Crippen molar-refractivity contribution in [2.45, 2.75) is 39.3 Å². The molecule has 0 aliphatic carbocycles. The topological polar surface area (TPSA) is 35.2 Å². The normalized spacial score (nSPS) is 15.4. The van der Waals surface area contributed by atoms with Crippen molar-refractivity contribution in [1.82, 2.24) is 0 Å². The molecule has 14 heavy (non-hydrogen) atoms. The number of aryl methyl sites for hydroxylation is 1. The van der Waals surface area contributed by atoms with Crippen LogP contribution in [0.4, 0.5) is 0 Å². The summed E-state index contributed by atoms with van der Waals surface area (Å²) in [5.41, 5.74) is 7.33. The summed E-state index contributed by atoms with van der Waals surface area (Å²) in [4.78, 5) is 1.31. The van der Waals surface area contributed by atoms with E-state index in [1.807, 2.05) is 6.92 Å². The summed E-state index contributed by atoms with van der Waals surface area (Å²) in [7, 11) is 0. The third-order valence-electron chi connectivity index (χ3n) is 2.32. The van der Waals surface area contributed by atoms with Crippen molar-refractivity contribution < 1.29 is 4.74 Å². The van der Waals surface area contributed by atoms with E-state index in [4.69, 9.17) is 10.5 Å². The van der Waals surface area contributed by atoms with Crippen molar-refractivity contribution in [3.05, 3.63) is 21.9 Å². The van der Waals surface area contributed by atoms with Gasteiger partial charge in [0.15, 0.2) is 0 Å². The first kappa shape index (κ1) is 11.7. The molecule has 1 heterocycles. The molecule has 2 atom stereocenters. The van der Waals surface area contributed by atoms with Crippen LogP contribution < -0.4 is 5.73 Å².